The summed E-state index contributed by atoms with van der Waals surface area (Å²) in [4.78, 5) is 22.6. The number of para-hydroxylation sites is 1. The number of carbonyl (C=O) groups excluding carboxylic acids is 1. The maximum atomic E-state index is 12.6. The van der Waals surface area contributed by atoms with Crippen LogP contribution in [0.4, 0.5) is 0 Å². The van der Waals surface area contributed by atoms with E-state index in [2.05, 4.69) is 9.97 Å². The van der Waals surface area contributed by atoms with Gasteiger partial charge in [-0.25, -0.2) is 4.98 Å². The number of hydrogen-bond acceptors (Lipinski definition) is 5. The van der Waals surface area contributed by atoms with E-state index in [0.717, 1.165) is 30.7 Å². The fourth-order valence-electron chi connectivity index (χ4n) is 2.90. The summed E-state index contributed by atoms with van der Waals surface area (Å²) in [5.41, 5.74) is 0.905. The molecule has 0 spiro atoms. The molecule has 1 amide bonds. The zero-order valence-corrected chi connectivity index (χ0v) is 13.7. The van der Waals surface area contributed by atoms with Crippen molar-refractivity contribution in [3.63, 3.8) is 0 Å². The van der Waals surface area contributed by atoms with Gasteiger partial charge in [0.25, 0.3) is 0 Å². The Hall–Kier alpha value is -2.63. The van der Waals surface area contributed by atoms with Gasteiger partial charge in [0, 0.05) is 24.5 Å². The Balaban J connectivity index is 1.60. The monoisotopic (exact) mass is 327 g/mol. The second kappa shape index (κ2) is 7.77. The summed E-state index contributed by atoms with van der Waals surface area (Å²) < 4.78 is 11.2. The molecule has 6 nitrogen and oxygen atoms in total. The number of amides is 1. The molecule has 1 saturated heterocycles. The lowest BCUT2D eigenvalue weighted by atomic mass is 10.1. The molecule has 2 aromatic rings. The zero-order chi connectivity index (χ0) is 16.8. The highest BCUT2D eigenvalue weighted by molar-refractivity contribution is 5.79. The number of carbonyl (C=O) groups is 1. The third kappa shape index (κ3) is 4.01. The van der Waals surface area contributed by atoms with Gasteiger partial charge in [-0.2, -0.15) is 0 Å². The van der Waals surface area contributed by atoms with Crippen LogP contribution in [-0.4, -0.2) is 47.1 Å². The molecule has 6 heteroatoms. The number of methoxy groups -OCH3 is 1. The van der Waals surface area contributed by atoms with E-state index in [9.17, 15) is 4.79 Å². The first-order valence-electron chi connectivity index (χ1n) is 8.08. The highest BCUT2D eigenvalue weighted by Gasteiger charge is 2.25. The molecule has 1 aromatic carbocycles. The Morgan fingerprint density at radius 3 is 3.00 bits per heavy atom. The van der Waals surface area contributed by atoms with Crippen LogP contribution in [0.5, 0.6) is 11.6 Å². The van der Waals surface area contributed by atoms with Crippen LogP contribution in [0.1, 0.15) is 18.4 Å². The minimum Gasteiger partial charge on any atom is -0.496 e. The average molecular weight is 327 g/mol. The Morgan fingerprint density at radius 2 is 2.21 bits per heavy atom. The van der Waals surface area contributed by atoms with Gasteiger partial charge in [-0.3, -0.25) is 9.78 Å². The molecule has 1 fully saturated rings. The smallest absolute Gasteiger partial charge is 0.232 e. The van der Waals surface area contributed by atoms with E-state index in [0.29, 0.717) is 18.8 Å². The minimum absolute atomic E-state index is 0.0444. The van der Waals surface area contributed by atoms with Crippen molar-refractivity contribution in [2.45, 2.75) is 25.4 Å². The maximum Gasteiger partial charge on any atom is 0.232 e. The number of rotatable bonds is 5. The lowest BCUT2D eigenvalue weighted by Gasteiger charge is -2.32. The quantitative estimate of drug-likeness (QED) is 0.841. The standard InChI is InChI=1S/C18H21N3O3/c1-23-16-7-3-2-5-14(16)11-18(22)21-10-4-6-15(13-21)24-17-12-19-8-9-20-17/h2-3,5,7-9,12,15H,4,6,10-11,13H2,1H3. The zero-order valence-electron chi connectivity index (χ0n) is 13.7. The van der Waals surface area contributed by atoms with E-state index < -0.39 is 0 Å². The fraction of sp³-hybridized carbons (Fsp3) is 0.389. The summed E-state index contributed by atoms with van der Waals surface area (Å²) >= 11 is 0. The summed E-state index contributed by atoms with van der Waals surface area (Å²) in [5.74, 6) is 1.34. The number of likely N-dealkylation sites (tertiary alicyclic amines) is 1. The molecular formula is C18H21N3O3. The van der Waals surface area contributed by atoms with E-state index in [4.69, 9.17) is 9.47 Å². The van der Waals surface area contributed by atoms with Crippen molar-refractivity contribution in [3.05, 3.63) is 48.4 Å². The predicted octanol–water partition coefficient (Wildman–Crippen LogP) is 2.10. The van der Waals surface area contributed by atoms with Crippen LogP contribution in [-0.2, 0) is 11.2 Å². The molecule has 24 heavy (non-hydrogen) atoms. The third-order valence-corrected chi connectivity index (χ3v) is 4.09. The van der Waals surface area contributed by atoms with Crippen LogP contribution in [0.3, 0.4) is 0 Å². The highest BCUT2D eigenvalue weighted by atomic mass is 16.5. The van der Waals surface area contributed by atoms with E-state index in [-0.39, 0.29) is 12.0 Å². The van der Waals surface area contributed by atoms with Crippen molar-refractivity contribution in [2.24, 2.45) is 0 Å². The van der Waals surface area contributed by atoms with Crippen molar-refractivity contribution >= 4 is 5.91 Å². The van der Waals surface area contributed by atoms with Crippen molar-refractivity contribution < 1.29 is 14.3 Å². The molecule has 1 aliphatic heterocycles. The molecule has 1 aliphatic rings. The summed E-state index contributed by atoms with van der Waals surface area (Å²) in [5, 5.41) is 0. The van der Waals surface area contributed by atoms with Gasteiger partial charge in [0.2, 0.25) is 11.8 Å². The van der Waals surface area contributed by atoms with Crippen molar-refractivity contribution in [1.29, 1.82) is 0 Å². The van der Waals surface area contributed by atoms with E-state index in [1.165, 1.54) is 0 Å². The van der Waals surface area contributed by atoms with E-state index in [1.54, 1.807) is 25.7 Å². The van der Waals surface area contributed by atoms with Crippen LogP contribution in [0.25, 0.3) is 0 Å². The van der Waals surface area contributed by atoms with Crippen LogP contribution in [0, 0.1) is 0 Å². The summed E-state index contributed by atoms with van der Waals surface area (Å²) in [6.45, 7) is 1.33. The second-order valence-electron chi connectivity index (χ2n) is 5.75. The largest absolute Gasteiger partial charge is 0.496 e. The van der Waals surface area contributed by atoms with Crippen LogP contribution in [0.15, 0.2) is 42.9 Å². The van der Waals surface area contributed by atoms with Gasteiger partial charge >= 0.3 is 0 Å². The Kier molecular flexibility index (Phi) is 5.25. The molecule has 2 heterocycles. The molecule has 1 unspecified atom stereocenters. The second-order valence-corrected chi connectivity index (χ2v) is 5.75. The molecule has 0 saturated carbocycles. The van der Waals surface area contributed by atoms with Gasteiger partial charge in [0.05, 0.1) is 26.3 Å². The fourth-order valence-corrected chi connectivity index (χ4v) is 2.90. The highest BCUT2D eigenvalue weighted by Crippen LogP contribution is 2.21. The molecule has 0 bridgehead atoms. The lowest BCUT2D eigenvalue weighted by Crippen LogP contribution is -2.45. The van der Waals surface area contributed by atoms with E-state index >= 15 is 0 Å². The SMILES string of the molecule is COc1ccccc1CC(=O)N1CCCC(Oc2cnccn2)C1. The molecule has 0 aliphatic carbocycles. The molecular weight excluding hydrogens is 306 g/mol. The number of aromatic nitrogens is 2. The number of ether oxygens (including phenoxy) is 2. The van der Waals surface area contributed by atoms with Gasteiger partial charge in [-0.05, 0) is 18.9 Å². The molecule has 0 N–H and O–H groups in total. The Morgan fingerprint density at radius 1 is 1.33 bits per heavy atom. The Labute approximate surface area is 141 Å². The van der Waals surface area contributed by atoms with Gasteiger partial charge in [0.15, 0.2) is 0 Å². The van der Waals surface area contributed by atoms with Crippen LogP contribution in [0.2, 0.25) is 0 Å². The third-order valence-electron chi connectivity index (χ3n) is 4.09. The summed E-state index contributed by atoms with van der Waals surface area (Å²) in [6.07, 6.45) is 6.92. The minimum atomic E-state index is -0.0444. The summed E-state index contributed by atoms with van der Waals surface area (Å²) in [7, 11) is 1.62. The molecule has 3 rings (SSSR count). The predicted molar refractivity (Wildman–Crippen MR) is 89.0 cm³/mol. The maximum absolute atomic E-state index is 12.6. The first-order valence-corrected chi connectivity index (χ1v) is 8.08. The number of hydrogen-bond donors (Lipinski definition) is 0. The number of piperidine rings is 1. The van der Waals surface area contributed by atoms with E-state index in [1.807, 2.05) is 29.2 Å². The summed E-state index contributed by atoms with van der Waals surface area (Å²) in [6, 6.07) is 7.62. The normalized spacial score (nSPS) is 17.4. The first-order chi connectivity index (χ1) is 11.8. The lowest BCUT2D eigenvalue weighted by molar-refractivity contribution is -0.133. The van der Waals surface area contributed by atoms with Crippen molar-refractivity contribution in [3.8, 4) is 11.6 Å². The molecule has 1 atom stereocenters. The molecule has 0 radical (unpaired) electrons. The van der Waals surface area contributed by atoms with Crippen LogP contribution >= 0.6 is 0 Å². The number of benzene rings is 1. The molecule has 1 aromatic heterocycles. The van der Waals surface area contributed by atoms with Gasteiger partial charge in [0.1, 0.15) is 11.9 Å². The van der Waals surface area contributed by atoms with Gasteiger partial charge < -0.3 is 14.4 Å². The topological polar surface area (TPSA) is 64.5 Å². The Bertz CT molecular complexity index is 678. The van der Waals surface area contributed by atoms with Gasteiger partial charge in [-0.1, -0.05) is 18.2 Å². The average Bonchev–Trinajstić information content (AvgIpc) is 2.63. The van der Waals surface area contributed by atoms with Crippen molar-refractivity contribution in [2.75, 3.05) is 20.2 Å². The molecule has 126 valence electrons. The van der Waals surface area contributed by atoms with Gasteiger partial charge in [-0.15, -0.1) is 0 Å². The van der Waals surface area contributed by atoms with Crippen LogP contribution < -0.4 is 9.47 Å². The van der Waals surface area contributed by atoms with Crippen molar-refractivity contribution in [1.82, 2.24) is 14.9 Å². The number of nitrogens with zero attached hydrogens (tertiary/aromatic N) is 3. The first kappa shape index (κ1) is 16.2.